The Hall–Kier alpha value is -2.87. The van der Waals surface area contributed by atoms with Crippen molar-refractivity contribution in [2.75, 3.05) is 13.8 Å². The number of fused-ring (bicyclic) bond motifs is 1. The summed E-state index contributed by atoms with van der Waals surface area (Å²) in [5.74, 6) is 0.282. The lowest BCUT2D eigenvalue weighted by atomic mass is 9.91. The zero-order valence-corrected chi connectivity index (χ0v) is 14.9. The SMILES string of the molecule is CN(Cc1cc2c(cc1OC(F)F)OCO2)C(=O)C(C)(N)c1ccccc1. The van der Waals surface area contributed by atoms with Crippen molar-refractivity contribution in [2.45, 2.75) is 25.6 Å². The van der Waals surface area contributed by atoms with Crippen LogP contribution in [0.25, 0.3) is 0 Å². The third kappa shape index (κ3) is 3.95. The smallest absolute Gasteiger partial charge is 0.387 e. The van der Waals surface area contributed by atoms with Crippen LogP contribution in [-0.4, -0.2) is 31.3 Å². The number of alkyl halides is 2. The van der Waals surface area contributed by atoms with Crippen molar-refractivity contribution in [3.63, 3.8) is 0 Å². The molecule has 0 spiro atoms. The van der Waals surface area contributed by atoms with Gasteiger partial charge in [0.15, 0.2) is 11.5 Å². The summed E-state index contributed by atoms with van der Waals surface area (Å²) in [6, 6.07) is 11.8. The normalized spacial score (nSPS) is 14.7. The molecule has 0 aromatic heterocycles. The number of carbonyl (C=O) groups excluding carboxylic acids is 1. The number of halogens is 2. The van der Waals surface area contributed by atoms with Crippen LogP contribution in [0.2, 0.25) is 0 Å². The molecule has 0 radical (unpaired) electrons. The number of nitrogens with zero attached hydrogens (tertiary/aromatic N) is 1. The number of hydrogen-bond acceptors (Lipinski definition) is 5. The number of nitrogens with two attached hydrogens (primary N) is 1. The predicted octanol–water partition coefficient (Wildman–Crippen LogP) is 2.85. The molecule has 8 heteroatoms. The van der Waals surface area contributed by atoms with Gasteiger partial charge in [0.1, 0.15) is 11.3 Å². The summed E-state index contributed by atoms with van der Waals surface area (Å²) in [6.07, 6.45) is 0. The van der Waals surface area contributed by atoms with E-state index < -0.39 is 12.2 Å². The molecule has 0 bridgehead atoms. The molecule has 0 aliphatic carbocycles. The topological polar surface area (TPSA) is 74.0 Å². The van der Waals surface area contributed by atoms with Crippen LogP contribution in [0.4, 0.5) is 8.78 Å². The maximum atomic E-state index is 12.9. The van der Waals surface area contributed by atoms with E-state index in [1.807, 2.05) is 6.07 Å². The quantitative estimate of drug-likeness (QED) is 0.837. The Morgan fingerprint density at radius 3 is 2.52 bits per heavy atom. The van der Waals surface area contributed by atoms with Gasteiger partial charge >= 0.3 is 6.61 Å². The Labute approximate surface area is 155 Å². The highest BCUT2D eigenvalue weighted by molar-refractivity contribution is 5.87. The van der Waals surface area contributed by atoms with Crippen molar-refractivity contribution in [3.05, 3.63) is 53.6 Å². The second-order valence-corrected chi connectivity index (χ2v) is 6.42. The van der Waals surface area contributed by atoms with Crippen LogP contribution < -0.4 is 19.9 Å². The van der Waals surface area contributed by atoms with Gasteiger partial charge in [0, 0.05) is 25.2 Å². The van der Waals surface area contributed by atoms with Crippen molar-refractivity contribution in [3.8, 4) is 17.2 Å². The van der Waals surface area contributed by atoms with Crippen molar-refractivity contribution < 1.29 is 27.8 Å². The van der Waals surface area contributed by atoms with Gasteiger partial charge in [-0.3, -0.25) is 4.79 Å². The average molecular weight is 378 g/mol. The molecule has 1 amide bonds. The van der Waals surface area contributed by atoms with Gasteiger partial charge in [-0.2, -0.15) is 8.78 Å². The van der Waals surface area contributed by atoms with Crippen LogP contribution in [0.15, 0.2) is 42.5 Å². The highest BCUT2D eigenvalue weighted by Crippen LogP contribution is 2.39. The summed E-state index contributed by atoms with van der Waals surface area (Å²) in [7, 11) is 1.55. The first kappa shape index (κ1) is 18.9. The molecule has 1 aliphatic heterocycles. The zero-order chi connectivity index (χ0) is 19.6. The van der Waals surface area contributed by atoms with Crippen LogP contribution in [0.5, 0.6) is 17.2 Å². The molecule has 1 atom stereocenters. The minimum absolute atomic E-state index is 0.00342. The van der Waals surface area contributed by atoms with Gasteiger partial charge in [-0.05, 0) is 18.6 Å². The Morgan fingerprint density at radius 2 is 1.89 bits per heavy atom. The Bertz CT molecular complexity index is 828. The Morgan fingerprint density at radius 1 is 1.26 bits per heavy atom. The van der Waals surface area contributed by atoms with Gasteiger partial charge in [0.2, 0.25) is 12.7 Å². The maximum Gasteiger partial charge on any atom is 0.387 e. The average Bonchev–Trinajstić information content (AvgIpc) is 3.08. The van der Waals surface area contributed by atoms with E-state index in [-0.39, 0.29) is 25.0 Å². The lowest BCUT2D eigenvalue weighted by Crippen LogP contribution is -2.49. The van der Waals surface area contributed by atoms with E-state index in [0.717, 1.165) is 0 Å². The monoisotopic (exact) mass is 378 g/mol. The summed E-state index contributed by atoms with van der Waals surface area (Å²) in [5, 5.41) is 0. The molecule has 0 saturated heterocycles. The number of carbonyl (C=O) groups is 1. The van der Waals surface area contributed by atoms with E-state index in [0.29, 0.717) is 22.6 Å². The molecule has 2 aromatic carbocycles. The van der Waals surface area contributed by atoms with Gasteiger partial charge in [0.25, 0.3) is 0 Å². The number of amides is 1. The van der Waals surface area contributed by atoms with E-state index in [1.165, 1.54) is 17.0 Å². The number of benzene rings is 2. The second kappa shape index (κ2) is 7.40. The summed E-state index contributed by atoms with van der Waals surface area (Å²) >= 11 is 0. The van der Waals surface area contributed by atoms with E-state index >= 15 is 0 Å². The predicted molar refractivity (Wildman–Crippen MR) is 93.7 cm³/mol. The van der Waals surface area contributed by atoms with Gasteiger partial charge in [0.05, 0.1) is 0 Å². The van der Waals surface area contributed by atoms with Crippen LogP contribution in [-0.2, 0) is 16.9 Å². The largest absolute Gasteiger partial charge is 0.454 e. The number of hydrogen-bond donors (Lipinski definition) is 1. The number of rotatable bonds is 6. The van der Waals surface area contributed by atoms with Crippen LogP contribution in [0.3, 0.4) is 0 Å². The molecule has 1 heterocycles. The fourth-order valence-electron chi connectivity index (χ4n) is 2.93. The third-order valence-corrected chi connectivity index (χ3v) is 4.34. The summed E-state index contributed by atoms with van der Waals surface area (Å²) in [6.45, 7) is -1.39. The standard InChI is InChI=1S/C19H20F2N2O4/c1-19(22,13-6-4-3-5-7-13)17(24)23(2)10-12-8-15-16(26-11-25-15)9-14(12)27-18(20)21/h3-9,18H,10-11,22H2,1-2H3. The van der Waals surface area contributed by atoms with Crippen LogP contribution in [0.1, 0.15) is 18.1 Å². The van der Waals surface area contributed by atoms with Gasteiger partial charge < -0.3 is 24.8 Å². The van der Waals surface area contributed by atoms with Crippen LogP contribution >= 0.6 is 0 Å². The van der Waals surface area contributed by atoms with E-state index in [1.54, 1.807) is 38.2 Å². The first-order valence-corrected chi connectivity index (χ1v) is 8.26. The first-order chi connectivity index (χ1) is 12.8. The van der Waals surface area contributed by atoms with E-state index in [9.17, 15) is 13.6 Å². The molecule has 27 heavy (non-hydrogen) atoms. The first-order valence-electron chi connectivity index (χ1n) is 8.26. The molecular formula is C19H20F2N2O4. The lowest BCUT2D eigenvalue weighted by Gasteiger charge is -2.30. The van der Waals surface area contributed by atoms with Gasteiger partial charge in [-0.1, -0.05) is 30.3 Å². The van der Waals surface area contributed by atoms with E-state index in [2.05, 4.69) is 4.74 Å². The molecule has 1 aliphatic rings. The van der Waals surface area contributed by atoms with Gasteiger partial charge in [-0.15, -0.1) is 0 Å². The van der Waals surface area contributed by atoms with Crippen molar-refractivity contribution in [1.29, 1.82) is 0 Å². The molecule has 1 unspecified atom stereocenters. The molecule has 0 saturated carbocycles. The fraction of sp³-hybridized carbons (Fsp3) is 0.316. The summed E-state index contributed by atoms with van der Waals surface area (Å²) in [4.78, 5) is 14.3. The number of ether oxygens (including phenoxy) is 3. The van der Waals surface area contributed by atoms with Crippen molar-refractivity contribution in [2.24, 2.45) is 5.73 Å². The summed E-state index contributed by atoms with van der Waals surface area (Å²) < 4.78 is 40.6. The fourth-order valence-corrected chi connectivity index (χ4v) is 2.93. The molecular weight excluding hydrogens is 358 g/mol. The van der Waals surface area contributed by atoms with Crippen molar-refractivity contribution in [1.82, 2.24) is 4.90 Å². The molecule has 3 rings (SSSR count). The zero-order valence-electron chi connectivity index (χ0n) is 14.9. The Balaban J connectivity index is 1.85. The second-order valence-electron chi connectivity index (χ2n) is 6.42. The molecule has 0 fully saturated rings. The minimum atomic E-state index is -3.01. The van der Waals surface area contributed by atoms with Crippen molar-refractivity contribution >= 4 is 5.91 Å². The highest BCUT2D eigenvalue weighted by Gasteiger charge is 2.33. The van der Waals surface area contributed by atoms with Gasteiger partial charge in [-0.25, -0.2) is 0 Å². The molecule has 6 nitrogen and oxygen atoms in total. The maximum absolute atomic E-state index is 12.9. The number of likely N-dealkylation sites (N-methyl/N-ethyl adjacent to an activating group) is 1. The summed E-state index contributed by atoms with van der Waals surface area (Å²) in [5.41, 5.74) is 6.00. The molecule has 2 aromatic rings. The van der Waals surface area contributed by atoms with Crippen LogP contribution in [0, 0.1) is 0 Å². The molecule has 144 valence electrons. The Kier molecular flexibility index (Phi) is 5.18. The lowest BCUT2D eigenvalue weighted by molar-refractivity contribution is -0.136. The molecule has 2 N–H and O–H groups in total. The third-order valence-electron chi connectivity index (χ3n) is 4.34. The minimum Gasteiger partial charge on any atom is -0.454 e. The highest BCUT2D eigenvalue weighted by atomic mass is 19.3. The van der Waals surface area contributed by atoms with E-state index in [4.69, 9.17) is 15.2 Å².